The zero-order chi connectivity index (χ0) is 28.2. The summed E-state index contributed by atoms with van der Waals surface area (Å²) in [4.78, 5) is 15.0. The summed E-state index contributed by atoms with van der Waals surface area (Å²) in [6, 6.07) is 24.4. The number of fused-ring (bicyclic) bond motifs is 1. The average molecular weight is 533 g/mol. The van der Waals surface area contributed by atoms with Crippen molar-refractivity contribution in [3.63, 3.8) is 0 Å². The highest BCUT2D eigenvalue weighted by Crippen LogP contribution is 2.34. The average Bonchev–Trinajstić information content (AvgIpc) is 3.29. The number of nitriles is 1. The van der Waals surface area contributed by atoms with Crippen LogP contribution in [-0.4, -0.2) is 36.7 Å². The third kappa shape index (κ3) is 5.24. The summed E-state index contributed by atoms with van der Waals surface area (Å²) in [5, 5.41) is 20.6. The molecule has 2 heterocycles. The van der Waals surface area contributed by atoms with Crippen LogP contribution in [0.25, 0.3) is 5.52 Å². The van der Waals surface area contributed by atoms with Gasteiger partial charge in [0.05, 0.1) is 42.0 Å². The second-order valence-corrected chi connectivity index (χ2v) is 9.31. The number of aromatic nitrogens is 2. The number of amides is 1. The molecule has 0 saturated heterocycles. The smallest absolute Gasteiger partial charge is 0.255 e. The van der Waals surface area contributed by atoms with E-state index in [-0.39, 0.29) is 5.91 Å². The third-order valence-corrected chi connectivity index (χ3v) is 6.47. The van der Waals surface area contributed by atoms with Gasteiger partial charge in [-0.3, -0.25) is 4.79 Å². The number of hydrogen-bond acceptors (Lipinski definition) is 7. The molecule has 0 fully saturated rings. The molecule has 40 heavy (non-hydrogen) atoms. The van der Waals surface area contributed by atoms with E-state index in [9.17, 15) is 10.1 Å². The molecule has 0 bridgehead atoms. The molecule has 0 radical (unpaired) electrons. The van der Waals surface area contributed by atoms with Crippen molar-refractivity contribution in [3.8, 4) is 23.3 Å². The number of nitrogens with one attached hydrogen (secondary N) is 2. The Labute approximate surface area is 232 Å². The van der Waals surface area contributed by atoms with Crippen LogP contribution < -0.4 is 25.0 Å². The maximum atomic E-state index is 13.1. The van der Waals surface area contributed by atoms with Gasteiger partial charge in [0.15, 0.2) is 11.5 Å². The largest absolute Gasteiger partial charge is 0.493 e. The molecule has 9 nitrogen and oxygen atoms in total. The van der Waals surface area contributed by atoms with Gasteiger partial charge in [-0.25, -0.2) is 4.52 Å². The molecule has 0 aliphatic heterocycles. The molecule has 0 unspecified atom stereocenters. The fourth-order valence-corrected chi connectivity index (χ4v) is 4.33. The Morgan fingerprint density at radius 1 is 1.02 bits per heavy atom. The van der Waals surface area contributed by atoms with E-state index in [4.69, 9.17) is 9.47 Å². The standard InChI is InChI=1S/C31H28N6O3/c1-20-26(35-31(38)21-8-7-9-24(16-21)36(2)3)19-37-30(20)29(22(17-32)18-33-37)34-23-12-14-25(15-13-23)40-28-11-6-5-10-27(28)39-4/h5-16,18-19,34H,1-4H3,(H,35,38). The molecule has 0 aliphatic carbocycles. The van der Waals surface area contributed by atoms with E-state index in [0.29, 0.717) is 45.3 Å². The Kier molecular flexibility index (Phi) is 7.25. The van der Waals surface area contributed by atoms with E-state index in [1.807, 2.05) is 92.6 Å². The molecule has 5 rings (SSSR count). The maximum absolute atomic E-state index is 13.1. The van der Waals surface area contributed by atoms with E-state index in [1.54, 1.807) is 23.9 Å². The van der Waals surface area contributed by atoms with E-state index in [2.05, 4.69) is 21.8 Å². The van der Waals surface area contributed by atoms with E-state index in [1.165, 1.54) is 6.20 Å². The number of methoxy groups -OCH3 is 1. The molecule has 2 N–H and O–H groups in total. The highest BCUT2D eigenvalue weighted by atomic mass is 16.5. The van der Waals surface area contributed by atoms with Gasteiger partial charge < -0.3 is 25.0 Å². The zero-order valence-corrected chi connectivity index (χ0v) is 22.6. The van der Waals surface area contributed by atoms with Crippen LogP contribution in [0.1, 0.15) is 21.5 Å². The second kappa shape index (κ2) is 11.1. The van der Waals surface area contributed by atoms with Crippen molar-refractivity contribution in [2.75, 3.05) is 36.7 Å². The highest BCUT2D eigenvalue weighted by molar-refractivity contribution is 6.06. The normalized spacial score (nSPS) is 10.6. The van der Waals surface area contributed by atoms with Crippen LogP contribution in [-0.2, 0) is 0 Å². The van der Waals surface area contributed by atoms with Crippen LogP contribution in [0.3, 0.4) is 0 Å². The maximum Gasteiger partial charge on any atom is 0.255 e. The van der Waals surface area contributed by atoms with Crippen molar-refractivity contribution < 1.29 is 14.3 Å². The second-order valence-electron chi connectivity index (χ2n) is 9.31. The Hall–Kier alpha value is -5.49. The van der Waals surface area contributed by atoms with E-state index < -0.39 is 0 Å². The van der Waals surface area contributed by atoms with Crippen molar-refractivity contribution in [1.29, 1.82) is 5.26 Å². The zero-order valence-electron chi connectivity index (χ0n) is 22.6. The van der Waals surface area contributed by atoms with Gasteiger partial charge in [0.1, 0.15) is 11.8 Å². The van der Waals surface area contributed by atoms with Gasteiger partial charge in [0.25, 0.3) is 5.91 Å². The molecule has 5 aromatic rings. The predicted molar refractivity (Wildman–Crippen MR) is 156 cm³/mol. The quantitative estimate of drug-likeness (QED) is 0.239. The number of carbonyl (C=O) groups excluding carboxylic acids is 1. The molecule has 0 atom stereocenters. The van der Waals surface area contributed by atoms with E-state index >= 15 is 0 Å². The summed E-state index contributed by atoms with van der Waals surface area (Å²) >= 11 is 0. The van der Waals surface area contributed by atoms with Crippen molar-refractivity contribution in [2.45, 2.75) is 6.92 Å². The first kappa shape index (κ1) is 26.1. The van der Waals surface area contributed by atoms with Gasteiger partial charge in [0.2, 0.25) is 0 Å². The Bertz CT molecular complexity index is 1740. The van der Waals surface area contributed by atoms with Crippen LogP contribution >= 0.6 is 0 Å². The van der Waals surface area contributed by atoms with Gasteiger partial charge in [-0.2, -0.15) is 10.4 Å². The van der Waals surface area contributed by atoms with Crippen LogP contribution in [0.15, 0.2) is 85.2 Å². The number of carbonyl (C=O) groups is 1. The third-order valence-electron chi connectivity index (χ3n) is 6.47. The first-order chi connectivity index (χ1) is 19.4. The predicted octanol–water partition coefficient (Wildman–Crippen LogP) is 6.38. The SMILES string of the molecule is COc1ccccc1Oc1ccc(Nc2c(C#N)cnn3cc(NC(=O)c4cccc(N(C)C)c4)c(C)c23)cc1. The molecular formula is C31H28N6O3. The molecule has 0 spiro atoms. The van der Waals surface area contributed by atoms with Gasteiger partial charge >= 0.3 is 0 Å². The highest BCUT2D eigenvalue weighted by Gasteiger charge is 2.18. The lowest BCUT2D eigenvalue weighted by atomic mass is 10.1. The van der Waals surface area contributed by atoms with Crippen LogP contribution in [0.2, 0.25) is 0 Å². The van der Waals surface area contributed by atoms with Crippen molar-refractivity contribution in [3.05, 3.63) is 102 Å². The minimum atomic E-state index is -0.233. The summed E-state index contributed by atoms with van der Waals surface area (Å²) in [7, 11) is 5.45. The van der Waals surface area contributed by atoms with Gasteiger partial charge in [-0.05, 0) is 61.5 Å². The number of rotatable bonds is 8. The molecule has 2 aromatic heterocycles. The minimum Gasteiger partial charge on any atom is -0.493 e. The lowest BCUT2D eigenvalue weighted by Gasteiger charge is -2.13. The van der Waals surface area contributed by atoms with Crippen molar-refractivity contribution in [1.82, 2.24) is 9.61 Å². The molecule has 1 amide bonds. The van der Waals surface area contributed by atoms with Gasteiger partial charge in [0, 0.05) is 36.6 Å². The molecule has 200 valence electrons. The molecule has 3 aromatic carbocycles. The molecule has 0 saturated carbocycles. The minimum absolute atomic E-state index is 0.233. The summed E-state index contributed by atoms with van der Waals surface area (Å²) in [5.74, 6) is 1.65. The summed E-state index contributed by atoms with van der Waals surface area (Å²) in [6.07, 6.45) is 3.25. The summed E-state index contributed by atoms with van der Waals surface area (Å²) < 4.78 is 13.0. The van der Waals surface area contributed by atoms with Crippen LogP contribution in [0, 0.1) is 18.3 Å². The number of ether oxygens (including phenoxy) is 2. The number of benzene rings is 3. The van der Waals surface area contributed by atoms with Crippen molar-refractivity contribution >= 4 is 34.2 Å². The Balaban J connectivity index is 1.42. The van der Waals surface area contributed by atoms with Gasteiger partial charge in [-0.1, -0.05) is 18.2 Å². The summed E-state index contributed by atoms with van der Waals surface area (Å²) in [5.41, 5.74) is 5.25. The summed E-state index contributed by atoms with van der Waals surface area (Å²) in [6.45, 7) is 1.89. The molecular weight excluding hydrogens is 504 g/mol. The van der Waals surface area contributed by atoms with Crippen LogP contribution in [0.5, 0.6) is 17.2 Å². The number of para-hydroxylation sites is 2. The first-order valence-corrected chi connectivity index (χ1v) is 12.6. The fraction of sp³-hybridized carbons (Fsp3) is 0.129. The molecule has 9 heteroatoms. The molecule has 0 aliphatic rings. The lowest BCUT2D eigenvalue weighted by molar-refractivity contribution is 0.102. The lowest BCUT2D eigenvalue weighted by Crippen LogP contribution is -2.14. The Morgan fingerprint density at radius 3 is 2.48 bits per heavy atom. The first-order valence-electron chi connectivity index (χ1n) is 12.6. The van der Waals surface area contributed by atoms with E-state index in [0.717, 1.165) is 16.9 Å². The number of anilines is 4. The number of hydrogen-bond donors (Lipinski definition) is 2. The van der Waals surface area contributed by atoms with Crippen LogP contribution in [0.4, 0.5) is 22.7 Å². The number of aryl methyl sites for hydroxylation is 1. The topological polar surface area (TPSA) is 104 Å². The van der Waals surface area contributed by atoms with Gasteiger partial charge in [-0.15, -0.1) is 0 Å². The van der Waals surface area contributed by atoms with Crippen molar-refractivity contribution in [2.24, 2.45) is 0 Å². The monoisotopic (exact) mass is 532 g/mol. The Morgan fingerprint density at radius 2 is 1.77 bits per heavy atom. The number of nitrogens with zero attached hydrogens (tertiary/aromatic N) is 4. The fourth-order valence-electron chi connectivity index (χ4n) is 4.33.